The van der Waals surface area contributed by atoms with E-state index in [9.17, 15) is 17.6 Å². The molecule has 0 heterocycles. The molecule has 0 radical (unpaired) electrons. The fourth-order valence-corrected chi connectivity index (χ4v) is 4.29. The second-order valence-corrected chi connectivity index (χ2v) is 8.65. The van der Waals surface area contributed by atoms with Crippen LogP contribution in [-0.2, 0) is 14.8 Å². The summed E-state index contributed by atoms with van der Waals surface area (Å²) >= 11 is 11.8. The average Bonchev–Trinajstić information content (AvgIpc) is 2.70. The molecule has 9 heteroatoms. The van der Waals surface area contributed by atoms with E-state index in [1.807, 2.05) is 0 Å². The molecule has 0 bridgehead atoms. The van der Waals surface area contributed by atoms with Crippen molar-refractivity contribution in [3.05, 3.63) is 88.7 Å². The maximum absolute atomic E-state index is 13.3. The number of amides is 1. The number of sulfonamides is 1. The minimum Gasteiger partial charge on any atom is -0.324 e. The van der Waals surface area contributed by atoms with Crippen molar-refractivity contribution in [3.63, 3.8) is 0 Å². The summed E-state index contributed by atoms with van der Waals surface area (Å²) < 4.78 is 40.5. The summed E-state index contributed by atoms with van der Waals surface area (Å²) in [6.07, 6.45) is 0. The Hall–Kier alpha value is -2.61. The van der Waals surface area contributed by atoms with Crippen molar-refractivity contribution in [1.82, 2.24) is 0 Å². The first-order valence-electron chi connectivity index (χ1n) is 8.35. The molecule has 0 fully saturated rings. The number of benzene rings is 3. The van der Waals surface area contributed by atoms with Crippen LogP contribution in [0.15, 0.2) is 77.7 Å². The fourth-order valence-electron chi connectivity index (χ4n) is 2.55. The molecule has 0 aliphatic heterocycles. The molecule has 0 aliphatic carbocycles. The number of carbonyl (C=O) groups is 1. The van der Waals surface area contributed by atoms with Gasteiger partial charge in [-0.25, -0.2) is 12.8 Å². The first kappa shape index (κ1) is 21.1. The third-order valence-electron chi connectivity index (χ3n) is 3.94. The standard InChI is InChI=1S/C20H15Cl2FN2O3S/c21-18-11-8-15(12-19(18)22)24-20(26)13-25(16-9-6-14(23)7-10-16)29(27,28)17-4-2-1-3-5-17/h1-12H,13H2,(H,24,26). The molecule has 3 aromatic rings. The van der Waals surface area contributed by atoms with E-state index in [-0.39, 0.29) is 15.6 Å². The Morgan fingerprint density at radius 1 is 0.931 bits per heavy atom. The van der Waals surface area contributed by atoms with E-state index in [1.54, 1.807) is 24.3 Å². The molecule has 1 N–H and O–H groups in total. The summed E-state index contributed by atoms with van der Waals surface area (Å²) in [7, 11) is -4.07. The highest BCUT2D eigenvalue weighted by Crippen LogP contribution is 2.26. The van der Waals surface area contributed by atoms with E-state index in [1.165, 1.54) is 36.4 Å². The fraction of sp³-hybridized carbons (Fsp3) is 0.0500. The number of nitrogens with one attached hydrogen (secondary N) is 1. The molecule has 0 unspecified atom stereocenters. The minimum atomic E-state index is -4.07. The van der Waals surface area contributed by atoms with Crippen molar-refractivity contribution in [2.45, 2.75) is 4.90 Å². The lowest BCUT2D eigenvalue weighted by molar-refractivity contribution is -0.114. The Morgan fingerprint density at radius 3 is 2.21 bits per heavy atom. The monoisotopic (exact) mass is 452 g/mol. The van der Waals surface area contributed by atoms with Crippen LogP contribution in [-0.4, -0.2) is 20.9 Å². The zero-order chi connectivity index (χ0) is 21.0. The molecular weight excluding hydrogens is 438 g/mol. The third kappa shape index (κ3) is 5.06. The van der Waals surface area contributed by atoms with Crippen LogP contribution in [0, 0.1) is 5.82 Å². The highest BCUT2D eigenvalue weighted by Gasteiger charge is 2.27. The van der Waals surface area contributed by atoms with Crippen molar-refractivity contribution in [2.24, 2.45) is 0 Å². The first-order chi connectivity index (χ1) is 13.8. The second kappa shape index (κ2) is 8.82. The molecule has 3 aromatic carbocycles. The van der Waals surface area contributed by atoms with Gasteiger partial charge in [0.05, 0.1) is 20.6 Å². The summed E-state index contributed by atoms with van der Waals surface area (Å²) in [6, 6.07) is 17.0. The van der Waals surface area contributed by atoms with Gasteiger partial charge in [-0.3, -0.25) is 9.10 Å². The van der Waals surface area contributed by atoms with Gasteiger partial charge in [0, 0.05) is 5.69 Å². The molecule has 1 amide bonds. The van der Waals surface area contributed by atoms with Gasteiger partial charge in [-0.1, -0.05) is 41.4 Å². The molecule has 0 spiro atoms. The predicted octanol–water partition coefficient (Wildman–Crippen LogP) is 4.97. The molecule has 0 saturated heterocycles. The number of hydrogen-bond donors (Lipinski definition) is 1. The van der Waals surface area contributed by atoms with Crippen molar-refractivity contribution < 1.29 is 17.6 Å². The van der Waals surface area contributed by atoms with Crippen LogP contribution in [0.4, 0.5) is 15.8 Å². The van der Waals surface area contributed by atoms with Crippen LogP contribution in [0.3, 0.4) is 0 Å². The summed E-state index contributed by atoms with van der Waals surface area (Å²) in [6.45, 7) is -0.525. The van der Waals surface area contributed by atoms with Gasteiger partial charge in [-0.2, -0.15) is 0 Å². The molecule has 0 aliphatic rings. The summed E-state index contributed by atoms with van der Waals surface area (Å²) in [5.74, 6) is -1.13. The Balaban J connectivity index is 1.92. The van der Waals surface area contributed by atoms with E-state index >= 15 is 0 Å². The Bertz CT molecular complexity index is 1120. The summed E-state index contributed by atoms with van der Waals surface area (Å²) in [4.78, 5) is 12.6. The van der Waals surface area contributed by atoms with E-state index in [0.29, 0.717) is 10.7 Å². The molecule has 3 rings (SSSR count). The largest absolute Gasteiger partial charge is 0.324 e. The van der Waals surface area contributed by atoms with Gasteiger partial charge >= 0.3 is 0 Å². The lowest BCUT2D eigenvalue weighted by Gasteiger charge is -2.24. The lowest BCUT2D eigenvalue weighted by atomic mass is 10.3. The number of anilines is 2. The molecule has 150 valence electrons. The van der Waals surface area contributed by atoms with Crippen LogP contribution in [0.2, 0.25) is 10.0 Å². The molecule has 0 atom stereocenters. The Labute approximate surface area is 177 Å². The Kier molecular flexibility index (Phi) is 6.42. The van der Waals surface area contributed by atoms with Crippen LogP contribution in [0.25, 0.3) is 0 Å². The van der Waals surface area contributed by atoms with Gasteiger partial charge in [-0.05, 0) is 54.6 Å². The number of hydrogen-bond acceptors (Lipinski definition) is 3. The predicted molar refractivity (Wildman–Crippen MR) is 112 cm³/mol. The zero-order valence-corrected chi connectivity index (χ0v) is 17.2. The van der Waals surface area contributed by atoms with Gasteiger partial charge < -0.3 is 5.32 Å². The van der Waals surface area contributed by atoms with Crippen molar-refractivity contribution >= 4 is 50.5 Å². The van der Waals surface area contributed by atoms with Crippen molar-refractivity contribution in [3.8, 4) is 0 Å². The van der Waals surface area contributed by atoms with Gasteiger partial charge in [-0.15, -0.1) is 0 Å². The number of carbonyl (C=O) groups excluding carboxylic acids is 1. The summed E-state index contributed by atoms with van der Waals surface area (Å²) in [5, 5.41) is 3.15. The first-order valence-corrected chi connectivity index (χ1v) is 10.6. The van der Waals surface area contributed by atoms with Gasteiger partial charge in [0.1, 0.15) is 12.4 Å². The zero-order valence-electron chi connectivity index (χ0n) is 14.8. The summed E-state index contributed by atoms with van der Waals surface area (Å²) in [5.41, 5.74) is 0.514. The highest BCUT2D eigenvalue weighted by atomic mass is 35.5. The van der Waals surface area contributed by atoms with Gasteiger partial charge in [0.15, 0.2) is 0 Å². The second-order valence-electron chi connectivity index (χ2n) is 5.98. The van der Waals surface area contributed by atoms with Crippen LogP contribution < -0.4 is 9.62 Å². The van der Waals surface area contributed by atoms with E-state index < -0.39 is 28.3 Å². The normalized spacial score (nSPS) is 11.1. The number of nitrogens with zero attached hydrogens (tertiary/aromatic N) is 1. The lowest BCUT2D eigenvalue weighted by Crippen LogP contribution is -2.38. The van der Waals surface area contributed by atoms with Crippen LogP contribution in [0.1, 0.15) is 0 Å². The molecular formula is C20H15Cl2FN2O3S. The van der Waals surface area contributed by atoms with E-state index in [4.69, 9.17) is 23.2 Å². The van der Waals surface area contributed by atoms with Crippen molar-refractivity contribution in [2.75, 3.05) is 16.2 Å². The Morgan fingerprint density at radius 2 is 1.59 bits per heavy atom. The average molecular weight is 453 g/mol. The van der Waals surface area contributed by atoms with E-state index in [0.717, 1.165) is 16.4 Å². The van der Waals surface area contributed by atoms with Gasteiger partial charge in [0.25, 0.3) is 10.0 Å². The number of rotatable bonds is 6. The quantitative estimate of drug-likeness (QED) is 0.574. The van der Waals surface area contributed by atoms with Crippen LogP contribution in [0.5, 0.6) is 0 Å². The molecule has 0 aromatic heterocycles. The third-order valence-corrected chi connectivity index (χ3v) is 6.46. The van der Waals surface area contributed by atoms with Gasteiger partial charge in [0.2, 0.25) is 5.91 Å². The molecule has 0 saturated carbocycles. The minimum absolute atomic E-state index is 0.00617. The van der Waals surface area contributed by atoms with Crippen molar-refractivity contribution in [1.29, 1.82) is 0 Å². The SMILES string of the molecule is O=C(CN(c1ccc(F)cc1)S(=O)(=O)c1ccccc1)Nc1ccc(Cl)c(Cl)c1. The molecule has 29 heavy (non-hydrogen) atoms. The maximum atomic E-state index is 13.3. The number of halogens is 3. The maximum Gasteiger partial charge on any atom is 0.264 e. The molecule has 5 nitrogen and oxygen atoms in total. The van der Waals surface area contributed by atoms with E-state index in [2.05, 4.69) is 5.32 Å². The topological polar surface area (TPSA) is 66.5 Å². The smallest absolute Gasteiger partial charge is 0.264 e. The van der Waals surface area contributed by atoms with Crippen LogP contribution >= 0.6 is 23.2 Å². The highest BCUT2D eigenvalue weighted by molar-refractivity contribution is 7.92.